The maximum Gasteiger partial charge on any atom is 0.259 e. The smallest absolute Gasteiger partial charge is 0.259 e. The molecule has 0 spiro atoms. The van der Waals surface area contributed by atoms with Gasteiger partial charge in [0.15, 0.2) is 12.4 Å². The third-order valence-corrected chi connectivity index (χ3v) is 4.92. The van der Waals surface area contributed by atoms with Crippen LogP contribution in [0.3, 0.4) is 0 Å². The van der Waals surface area contributed by atoms with E-state index >= 15 is 0 Å². The number of benzene rings is 3. The minimum absolute atomic E-state index is 0.156. The lowest BCUT2D eigenvalue weighted by atomic mass is 10.0. The Morgan fingerprint density at radius 2 is 1.59 bits per heavy atom. The van der Waals surface area contributed by atoms with Crippen LogP contribution in [-0.4, -0.2) is 30.2 Å². The van der Waals surface area contributed by atoms with Crippen molar-refractivity contribution in [1.29, 1.82) is 0 Å². The summed E-state index contributed by atoms with van der Waals surface area (Å²) in [7, 11) is 0. The van der Waals surface area contributed by atoms with Crippen LogP contribution in [0.25, 0.3) is 0 Å². The van der Waals surface area contributed by atoms with Crippen LogP contribution in [0.5, 0.6) is 5.75 Å². The number of amides is 2. The SMILES string of the molecule is CC(=O)C(Cc1ccccc1)NC(=O)COc1ccc(Cl)cc1C(=O)Nc1ccccc1. The van der Waals surface area contributed by atoms with Gasteiger partial charge in [0.05, 0.1) is 11.6 Å². The second kappa shape index (κ2) is 11.1. The summed E-state index contributed by atoms with van der Waals surface area (Å²) in [6.07, 6.45) is 0.383. The molecule has 0 aliphatic carbocycles. The first-order valence-corrected chi connectivity index (χ1v) is 10.4. The van der Waals surface area contributed by atoms with Crippen molar-refractivity contribution in [3.63, 3.8) is 0 Å². The van der Waals surface area contributed by atoms with Gasteiger partial charge in [0.25, 0.3) is 11.8 Å². The molecule has 1 atom stereocenters. The van der Waals surface area contributed by atoms with Crippen molar-refractivity contribution in [3.05, 3.63) is 95.0 Å². The van der Waals surface area contributed by atoms with Gasteiger partial charge in [0.2, 0.25) is 0 Å². The van der Waals surface area contributed by atoms with Crippen LogP contribution in [0.4, 0.5) is 5.69 Å². The number of carbonyl (C=O) groups is 3. The number of carbonyl (C=O) groups excluding carboxylic acids is 3. The average Bonchev–Trinajstić information content (AvgIpc) is 2.79. The molecule has 164 valence electrons. The molecule has 0 bridgehead atoms. The first-order valence-electron chi connectivity index (χ1n) is 10.0. The Bertz CT molecular complexity index is 1090. The molecule has 0 aromatic heterocycles. The average molecular weight is 451 g/mol. The van der Waals surface area contributed by atoms with Crippen LogP contribution < -0.4 is 15.4 Å². The Morgan fingerprint density at radius 3 is 2.25 bits per heavy atom. The molecule has 0 aliphatic rings. The highest BCUT2D eigenvalue weighted by molar-refractivity contribution is 6.31. The molecule has 0 fully saturated rings. The number of hydrogen-bond donors (Lipinski definition) is 2. The van der Waals surface area contributed by atoms with Gasteiger partial charge in [-0.1, -0.05) is 60.1 Å². The predicted octanol–water partition coefficient (Wildman–Crippen LogP) is 4.29. The molecule has 6 nitrogen and oxygen atoms in total. The van der Waals surface area contributed by atoms with Gasteiger partial charge in [-0.05, 0) is 49.2 Å². The highest BCUT2D eigenvalue weighted by Gasteiger charge is 2.19. The van der Waals surface area contributed by atoms with E-state index in [4.69, 9.17) is 16.3 Å². The minimum Gasteiger partial charge on any atom is -0.483 e. The largest absolute Gasteiger partial charge is 0.483 e. The Hall–Kier alpha value is -3.64. The molecule has 0 aliphatic heterocycles. The fourth-order valence-corrected chi connectivity index (χ4v) is 3.22. The van der Waals surface area contributed by atoms with Crippen molar-refractivity contribution in [3.8, 4) is 5.75 Å². The van der Waals surface area contributed by atoms with Crippen molar-refractivity contribution >= 4 is 34.9 Å². The molecule has 0 heterocycles. The normalized spacial score (nSPS) is 11.3. The van der Waals surface area contributed by atoms with E-state index in [-0.39, 0.29) is 23.7 Å². The first kappa shape index (κ1) is 23.0. The topological polar surface area (TPSA) is 84.5 Å². The number of ether oxygens (including phenoxy) is 1. The lowest BCUT2D eigenvalue weighted by Crippen LogP contribution is -2.43. The quantitative estimate of drug-likeness (QED) is 0.509. The first-order chi connectivity index (χ1) is 15.4. The predicted molar refractivity (Wildman–Crippen MR) is 124 cm³/mol. The zero-order valence-corrected chi connectivity index (χ0v) is 18.3. The van der Waals surface area contributed by atoms with Crippen LogP contribution in [0.15, 0.2) is 78.9 Å². The molecular formula is C25H23ClN2O4. The summed E-state index contributed by atoms with van der Waals surface area (Å²) in [5, 5.41) is 5.82. The number of ketones is 1. The molecule has 3 aromatic rings. The second-order valence-corrected chi connectivity index (χ2v) is 7.61. The number of anilines is 1. The van der Waals surface area contributed by atoms with E-state index in [0.29, 0.717) is 17.1 Å². The van der Waals surface area contributed by atoms with Gasteiger partial charge in [0.1, 0.15) is 5.75 Å². The lowest BCUT2D eigenvalue weighted by Gasteiger charge is -2.17. The lowest BCUT2D eigenvalue weighted by molar-refractivity contribution is -0.128. The van der Waals surface area contributed by atoms with Gasteiger partial charge in [0, 0.05) is 10.7 Å². The number of halogens is 1. The van der Waals surface area contributed by atoms with Crippen molar-refractivity contribution in [2.75, 3.05) is 11.9 Å². The van der Waals surface area contributed by atoms with Crippen LogP contribution in [0, 0.1) is 0 Å². The number of hydrogen-bond acceptors (Lipinski definition) is 4. The molecule has 3 rings (SSSR count). The third-order valence-electron chi connectivity index (χ3n) is 4.69. The number of rotatable bonds is 9. The van der Waals surface area contributed by atoms with Gasteiger partial charge in [-0.2, -0.15) is 0 Å². The molecule has 2 amide bonds. The molecule has 1 unspecified atom stereocenters. The number of para-hydroxylation sites is 1. The second-order valence-electron chi connectivity index (χ2n) is 7.17. The van der Waals surface area contributed by atoms with Crippen LogP contribution >= 0.6 is 11.6 Å². The Balaban J connectivity index is 1.64. The van der Waals surface area contributed by atoms with Crippen LogP contribution in [-0.2, 0) is 16.0 Å². The Kier molecular flexibility index (Phi) is 8.00. The van der Waals surface area contributed by atoms with E-state index in [2.05, 4.69) is 10.6 Å². The van der Waals surface area contributed by atoms with Crippen molar-refractivity contribution < 1.29 is 19.1 Å². The fraction of sp³-hybridized carbons (Fsp3) is 0.160. The van der Waals surface area contributed by atoms with Gasteiger partial charge in [-0.15, -0.1) is 0 Å². The van der Waals surface area contributed by atoms with E-state index in [1.54, 1.807) is 30.3 Å². The highest BCUT2D eigenvalue weighted by Crippen LogP contribution is 2.24. The summed E-state index contributed by atoms with van der Waals surface area (Å²) >= 11 is 6.05. The van der Waals surface area contributed by atoms with Gasteiger partial charge in [-0.3, -0.25) is 14.4 Å². The molecular weight excluding hydrogens is 428 g/mol. The van der Waals surface area contributed by atoms with E-state index in [9.17, 15) is 14.4 Å². The van der Waals surface area contributed by atoms with Gasteiger partial charge < -0.3 is 15.4 Å². The minimum atomic E-state index is -0.667. The summed E-state index contributed by atoms with van der Waals surface area (Å²) in [6, 6.07) is 22.3. The molecule has 0 radical (unpaired) electrons. The maximum absolute atomic E-state index is 12.7. The Morgan fingerprint density at radius 1 is 0.938 bits per heavy atom. The molecule has 32 heavy (non-hydrogen) atoms. The van der Waals surface area contributed by atoms with Crippen LogP contribution in [0.2, 0.25) is 5.02 Å². The van der Waals surface area contributed by atoms with E-state index in [0.717, 1.165) is 5.56 Å². The van der Waals surface area contributed by atoms with Crippen molar-refractivity contribution in [1.82, 2.24) is 5.32 Å². The summed E-state index contributed by atoms with van der Waals surface area (Å²) in [5.41, 5.74) is 1.75. The van der Waals surface area contributed by atoms with E-state index in [1.807, 2.05) is 36.4 Å². The van der Waals surface area contributed by atoms with Crippen LogP contribution in [0.1, 0.15) is 22.8 Å². The number of nitrogens with one attached hydrogen (secondary N) is 2. The summed E-state index contributed by atoms with van der Waals surface area (Å²) in [5.74, 6) is -0.831. The fourth-order valence-electron chi connectivity index (χ4n) is 3.05. The van der Waals surface area contributed by atoms with Crippen molar-refractivity contribution in [2.45, 2.75) is 19.4 Å². The monoisotopic (exact) mass is 450 g/mol. The molecule has 0 saturated carbocycles. The van der Waals surface area contributed by atoms with Gasteiger partial charge >= 0.3 is 0 Å². The van der Waals surface area contributed by atoms with E-state index < -0.39 is 17.9 Å². The molecule has 2 N–H and O–H groups in total. The standard InChI is InChI=1S/C25H23ClN2O4/c1-17(29)22(14-18-8-4-2-5-9-18)28-24(30)16-32-23-13-12-19(26)15-21(23)25(31)27-20-10-6-3-7-11-20/h2-13,15,22H,14,16H2,1H3,(H,27,31)(H,28,30). The Labute approximate surface area is 191 Å². The zero-order valence-electron chi connectivity index (χ0n) is 17.5. The van der Waals surface area contributed by atoms with Crippen molar-refractivity contribution in [2.24, 2.45) is 0 Å². The highest BCUT2D eigenvalue weighted by atomic mass is 35.5. The molecule has 0 saturated heterocycles. The summed E-state index contributed by atoms with van der Waals surface area (Å²) in [6.45, 7) is 1.08. The summed E-state index contributed by atoms with van der Waals surface area (Å²) < 4.78 is 5.60. The zero-order chi connectivity index (χ0) is 22.9. The maximum atomic E-state index is 12.7. The molecule has 3 aromatic carbocycles. The summed E-state index contributed by atoms with van der Waals surface area (Å²) in [4.78, 5) is 37.1. The number of Topliss-reactive ketones (excluding diaryl/α,β-unsaturated/α-hetero) is 1. The van der Waals surface area contributed by atoms with E-state index in [1.165, 1.54) is 19.1 Å². The molecule has 7 heteroatoms. The van der Waals surface area contributed by atoms with Gasteiger partial charge in [-0.25, -0.2) is 0 Å². The third kappa shape index (κ3) is 6.68.